The molecule has 0 aliphatic rings. The van der Waals surface area contributed by atoms with Crippen molar-refractivity contribution in [1.29, 1.82) is 0 Å². The molecule has 0 aliphatic carbocycles. The molecule has 0 aliphatic heterocycles. The third-order valence-electron chi connectivity index (χ3n) is 1.55. The van der Waals surface area contributed by atoms with Crippen molar-refractivity contribution in [2.75, 3.05) is 6.61 Å². The van der Waals surface area contributed by atoms with Crippen LogP contribution in [0.25, 0.3) is 0 Å². The summed E-state index contributed by atoms with van der Waals surface area (Å²) in [5, 5.41) is 9.31. The molecule has 1 aromatic rings. The number of ether oxygens (including phenoxy) is 1. The van der Waals surface area contributed by atoms with E-state index < -0.39 is 5.97 Å². The third kappa shape index (κ3) is 2.30. The SMILES string of the molecule is CCOc1cc(Cl)c(Cl)cc1C(=O)O. The van der Waals surface area contributed by atoms with Gasteiger partial charge in [0, 0.05) is 6.07 Å². The van der Waals surface area contributed by atoms with Crippen LogP contribution in [0.1, 0.15) is 17.3 Å². The number of aromatic carboxylic acids is 1. The largest absolute Gasteiger partial charge is 0.493 e. The molecule has 1 rings (SSSR count). The molecule has 0 heterocycles. The molecule has 3 nitrogen and oxygen atoms in total. The van der Waals surface area contributed by atoms with Crippen LogP contribution in [-0.4, -0.2) is 17.7 Å². The van der Waals surface area contributed by atoms with Gasteiger partial charge in [-0.05, 0) is 13.0 Å². The van der Waals surface area contributed by atoms with Crippen molar-refractivity contribution in [1.82, 2.24) is 0 Å². The molecule has 1 N–H and O–H groups in total. The molecule has 0 amide bonds. The van der Waals surface area contributed by atoms with Crippen molar-refractivity contribution in [3.8, 4) is 5.75 Å². The molecule has 0 radical (unpaired) electrons. The summed E-state index contributed by atoms with van der Waals surface area (Å²) in [6, 6.07) is 2.67. The zero-order chi connectivity index (χ0) is 10.7. The van der Waals surface area contributed by atoms with E-state index in [1.807, 2.05) is 0 Å². The molecule has 0 bridgehead atoms. The van der Waals surface area contributed by atoms with E-state index in [0.29, 0.717) is 6.61 Å². The molecule has 1 aromatic carbocycles. The topological polar surface area (TPSA) is 46.5 Å². The van der Waals surface area contributed by atoms with Crippen molar-refractivity contribution in [2.24, 2.45) is 0 Å². The van der Waals surface area contributed by atoms with Crippen LogP contribution < -0.4 is 4.74 Å². The van der Waals surface area contributed by atoms with Gasteiger partial charge in [-0.3, -0.25) is 0 Å². The minimum Gasteiger partial charge on any atom is -0.493 e. The molecule has 76 valence electrons. The fraction of sp³-hybridized carbons (Fsp3) is 0.222. The van der Waals surface area contributed by atoms with Crippen molar-refractivity contribution in [3.05, 3.63) is 27.7 Å². The quantitative estimate of drug-likeness (QED) is 0.875. The second kappa shape index (κ2) is 4.53. The summed E-state index contributed by atoms with van der Waals surface area (Å²) < 4.78 is 5.11. The summed E-state index contributed by atoms with van der Waals surface area (Å²) in [6.45, 7) is 2.13. The second-order valence-corrected chi connectivity index (χ2v) is 3.32. The van der Waals surface area contributed by atoms with Crippen molar-refractivity contribution >= 4 is 29.2 Å². The van der Waals surface area contributed by atoms with Gasteiger partial charge in [-0.1, -0.05) is 23.2 Å². The van der Waals surface area contributed by atoms with Gasteiger partial charge in [-0.2, -0.15) is 0 Å². The van der Waals surface area contributed by atoms with Crippen LogP contribution >= 0.6 is 23.2 Å². The Morgan fingerprint density at radius 2 is 2.00 bits per heavy atom. The highest BCUT2D eigenvalue weighted by molar-refractivity contribution is 6.42. The van der Waals surface area contributed by atoms with E-state index in [1.165, 1.54) is 12.1 Å². The Hall–Kier alpha value is -0.930. The maximum atomic E-state index is 10.8. The molecular weight excluding hydrogens is 227 g/mol. The van der Waals surface area contributed by atoms with E-state index in [2.05, 4.69) is 0 Å². The number of carboxylic acids is 1. The monoisotopic (exact) mass is 234 g/mol. The summed E-state index contributed by atoms with van der Waals surface area (Å²) in [6.07, 6.45) is 0. The number of carboxylic acid groups (broad SMARTS) is 1. The molecule has 0 fully saturated rings. The standard InChI is InChI=1S/C9H8Cl2O3/c1-2-14-8-4-7(11)6(10)3-5(8)9(12)13/h3-4H,2H2,1H3,(H,12,13). The van der Waals surface area contributed by atoms with Gasteiger partial charge in [0.2, 0.25) is 0 Å². The van der Waals surface area contributed by atoms with Crippen LogP contribution in [0, 0.1) is 0 Å². The number of hydrogen-bond donors (Lipinski definition) is 1. The predicted molar refractivity (Wildman–Crippen MR) is 54.6 cm³/mol. The first-order valence-electron chi connectivity index (χ1n) is 3.91. The average Bonchev–Trinajstić information content (AvgIpc) is 2.11. The molecular formula is C9H8Cl2O3. The Balaban J connectivity index is 3.24. The first-order valence-corrected chi connectivity index (χ1v) is 4.67. The van der Waals surface area contributed by atoms with Gasteiger partial charge >= 0.3 is 5.97 Å². The van der Waals surface area contributed by atoms with Gasteiger partial charge in [0.15, 0.2) is 0 Å². The number of halogens is 2. The first kappa shape index (κ1) is 11.1. The third-order valence-corrected chi connectivity index (χ3v) is 2.27. The van der Waals surface area contributed by atoms with E-state index >= 15 is 0 Å². The lowest BCUT2D eigenvalue weighted by molar-refractivity contribution is 0.0692. The van der Waals surface area contributed by atoms with Gasteiger partial charge < -0.3 is 9.84 Å². The normalized spacial score (nSPS) is 9.93. The van der Waals surface area contributed by atoms with E-state index in [-0.39, 0.29) is 21.4 Å². The average molecular weight is 235 g/mol. The van der Waals surface area contributed by atoms with Gasteiger partial charge in [0.05, 0.1) is 16.7 Å². The number of rotatable bonds is 3. The molecule has 0 atom stereocenters. The number of hydrogen-bond acceptors (Lipinski definition) is 2. The van der Waals surface area contributed by atoms with Gasteiger partial charge in [0.1, 0.15) is 11.3 Å². The van der Waals surface area contributed by atoms with Crippen LogP contribution in [-0.2, 0) is 0 Å². The fourth-order valence-corrected chi connectivity index (χ4v) is 1.29. The lowest BCUT2D eigenvalue weighted by Crippen LogP contribution is -2.02. The van der Waals surface area contributed by atoms with E-state index in [9.17, 15) is 4.79 Å². The summed E-state index contributed by atoms with van der Waals surface area (Å²) in [4.78, 5) is 10.8. The molecule has 0 saturated carbocycles. The molecule has 14 heavy (non-hydrogen) atoms. The number of carbonyl (C=O) groups is 1. The minimum atomic E-state index is -1.09. The van der Waals surface area contributed by atoms with Gasteiger partial charge in [-0.15, -0.1) is 0 Å². The maximum Gasteiger partial charge on any atom is 0.339 e. The molecule has 0 saturated heterocycles. The molecule has 0 spiro atoms. The Labute approximate surface area is 91.2 Å². The van der Waals surface area contributed by atoms with E-state index in [0.717, 1.165) is 0 Å². The zero-order valence-corrected chi connectivity index (χ0v) is 8.89. The molecule has 0 aromatic heterocycles. The summed E-state index contributed by atoms with van der Waals surface area (Å²) in [5.41, 5.74) is 0.0150. The first-order chi connectivity index (χ1) is 6.56. The summed E-state index contributed by atoms with van der Waals surface area (Å²) in [7, 11) is 0. The smallest absolute Gasteiger partial charge is 0.339 e. The van der Waals surface area contributed by atoms with Crippen molar-refractivity contribution in [2.45, 2.75) is 6.92 Å². The van der Waals surface area contributed by atoms with Crippen LogP contribution in [0.5, 0.6) is 5.75 Å². The van der Waals surface area contributed by atoms with Crippen LogP contribution in [0.15, 0.2) is 12.1 Å². The van der Waals surface area contributed by atoms with Crippen LogP contribution in [0.4, 0.5) is 0 Å². The lowest BCUT2D eigenvalue weighted by Gasteiger charge is -2.08. The highest BCUT2D eigenvalue weighted by Gasteiger charge is 2.14. The van der Waals surface area contributed by atoms with E-state index in [1.54, 1.807) is 6.92 Å². The molecule has 0 unspecified atom stereocenters. The maximum absolute atomic E-state index is 10.8. The Morgan fingerprint density at radius 1 is 1.43 bits per heavy atom. The molecule has 5 heteroatoms. The second-order valence-electron chi connectivity index (χ2n) is 2.50. The van der Waals surface area contributed by atoms with Crippen molar-refractivity contribution in [3.63, 3.8) is 0 Å². The van der Waals surface area contributed by atoms with Crippen LogP contribution in [0.3, 0.4) is 0 Å². The highest BCUT2D eigenvalue weighted by atomic mass is 35.5. The van der Waals surface area contributed by atoms with Crippen LogP contribution in [0.2, 0.25) is 10.0 Å². The van der Waals surface area contributed by atoms with Crippen molar-refractivity contribution < 1.29 is 14.6 Å². The van der Waals surface area contributed by atoms with Gasteiger partial charge in [0.25, 0.3) is 0 Å². The Kier molecular flexibility index (Phi) is 3.61. The Bertz CT molecular complexity index is 363. The zero-order valence-electron chi connectivity index (χ0n) is 7.38. The predicted octanol–water partition coefficient (Wildman–Crippen LogP) is 3.09. The highest BCUT2D eigenvalue weighted by Crippen LogP contribution is 2.30. The van der Waals surface area contributed by atoms with E-state index in [4.69, 9.17) is 33.0 Å². The van der Waals surface area contributed by atoms with Gasteiger partial charge in [-0.25, -0.2) is 4.79 Å². The summed E-state index contributed by atoms with van der Waals surface area (Å²) in [5.74, 6) is -0.860. The number of benzene rings is 1. The summed E-state index contributed by atoms with van der Waals surface area (Å²) >= 11 is 11.4. The lowest BCUT2D eigenvalue weighted by atomic mass is 10.2. The minimum absolute atomic E-state index is 0.0150. The fourth-order valence-electron chi connectivity index (χ4n) is 0.971. The Morgan fingerprint density at radius 3 is 2.50 bits per heavy atom.